The molecule has 106 valence electrons. The van der Waals surface area contributed by atoms with Gasteiger partial charge in [0.2, 0.25) is 10.0 Å². The van der Waals surface area contributed by atoms with Crippen LogP contribution in [0, 0.1) is 5.82 Å². The van der Waals surface area contributed by atoms with E-state index in [1.807, 2.05) is 0 Å². The normalized spacial score (nSPS) is 11.3. The standard InChI is InChI=1S/C11H15FN2O3S2/c1-17-5-2-6-19(15,16)14-10-4-3-8(12)7-9(10)11(13)18/h3-4,7,14H,2,5-6H2,1H3,(H2,13,18). The zero-order valence-electron chi connectivity index (χ0n) is 10.3. The molecule has 0 unspecified atom stereocenters. The van der Waals surface area contributed by atoms with Crippen LogP contribution in [0.15, 0.2) is 18.2 Å². The number of methoxy groups -OCH3 is 1. The van der Waals surface area contributed by atoms with Gasteiger partial charge in [-0.2, -0.15) is 0 Å². The third-order valence-corrected chi connectivity index (χ3v) is 3.85. The van der Waals surface area contributed by atoms with Crippen molar-refractivity contribution in [3.05, 3.63) is 29.6 Å². The van der Waals surface area contributed by atoms with E-state index in [9.17, 15) is 12.8 Å². The fourth-order valence-electron chi connectivity index (χ4n) is 1.42. The molecule has 1 rings (SSSR count). The quantitative estimate of drug-likeness (QED) is 0.585. The van der Waals surface area contributed by atoms with Gasteiger partial charge in [0.1, 0.15) is 10.8 Å². The molecule has 0 aliphatic rings. The highest BCUT2D eigenvalue weighted by Crippen LogP contribution is 2.18. The Morgan fingerprint density at radius 1 is 1.53 bits per heavy atom. The van der Waals surface area contributed by atoms with Crippen molar-refractivity contribution in [2.45, 2.75) is 6.42 Å². The molecule has 19 heavy (non-hydrogen) atoms. The second-order valence-corrected chi connectivity index (χ2v) is 6.10. The second kappa shape index (κ2) is 6.78. The molecule has 0 radical (unpaired) electrons. The Morgan fingerprint density at radius 3 is 2.79 bits per heavy atom. The minimum Gasteiger partial charge on any atom is -0.389 e. The van der Waals surface area contributed by atoms with Crippen LogP contribution in [-0.4, -0.2) is 32.9 Å². The first-order valence-electron chi connectivity index (χ1n) is 5.44. The maximum Gasteiger partial charge on any atom is 0.232 e. The number of anilines is 1. The number of thiocarbonyl (C=S) groups is 1. The third kappa shape index (κ3) is 5.09. The Morgan fingerprint density at radius 2 is 2.21 bits per heavy atom. The molecule has 3 N–H and O–H groups in total. The fraction of sp³-hybridized carbons (Fsp3) is 0.364. The summed E-state index contributed by atoms with van der Waals surface area (Å²) in [6.07, 6.45) is 0.357. The van der Waals surface area contributed by atoms with Crippen LogP contribution in [0.5, 0.6) is 0 Å². The highest BCUT2D eigenvalue weighted by Gasteiger charge is 2.14. The van der Waals surface area contributed by atoms with E-state index in [0.29, 0.717) is 13.0 Å². The van der Waals surface area contributed by atoms with Gasteiger partial charge in [0.15, 0.2) is 0 Å². The molecule has 5 nitrogen and oxygen atoms in total. The highest BCUT2D eigenvalue weighted by atomic mass is 32.2. The summed E-state index contributed by atoms with van der Waals surface area (Å²) in [5, 5.41) is 0. The molecule has 0 fully saturated rings. The van der Waals surface area contributed by atoms with Crippen molar-refractivity contribution >= 4 is 32.9 Å². The number of hydrogen-bond acceptors (Lipinski definition) is 4. The number of halogens is 1. The molecule has 0 bridgehead atoms. The molecule has 0 aliphatic carbocycles. The van der Waals surface area contributed by atoms with E-state index < -0.39 is 15.8 Å². The lowest BCUT2D eigenvalue weighted by Crippen LogP contribution is -2.21. The number of ether oxygens (including phenoxy) is 1. The van der Waals surface area contributed by atoms with Gasteiger partial charge in [-0.15, -0.1) is 0 Å². The van der Waals surface area contributed by atoms with E-state index in [0.717, 1.165) is 12.1 Å². The minimum atomic E-state index is -3.54. The Balaban J connectivity index is 2.90. The van der Waals surface area contributed by atoms with Gasteiger partial charge in [-0.25, -0.2) is 12.8 Å². The summed E-state index contributed by atoms with van der Waals surface area (Å²) >= 11 is 4.76. The van der Waals surface area contributed by atoms with Crippen LogP contribution in [-0.2, 0) is 14.8 Å². The lowest BCUT2D eigenvalue weighted by molar-refractivity contribution is 0.199. The Kier molecular flexibility index (Phi) is 5.64. The molecule has 0 saturated carbocycles. The molecule has 0 atom stereocenters. The molecule has 1 aromatic rings. The lowest BCUT2D eigenvalue weighted by Gasteiger charge is -2.11. The molecule has 0 heterocycles. The molecule has 1 aromatic carbocycles. The van der Waals surface area contributed by atoms with E-state index in [4.69, 9.17) is 22.7 Å². The van der Waals surface area contributed by atoms with E-state index in [-0.39, 0.29) is 22.0 Å². The van der Waals surface area contributed by atoms with Crippen molar-refractivity contribution < 1.29 is 17.5 Å². The van der Waals surface area contributed by atoms with Crippen LogP contribution in [0.25, 0.3) is 0 Å². The summed E-state index contributed by atoms with van der Waals surface area (Å²) in [5.74, 6) is -0.639. The van der Waals surface area contributed by atoms with Crippen LogP contribution in [0.3, 0.4) is 0 Å². The van der Waals surface area contributed by atoms with Crippen molar-refractivity contribution in [2.75, 3.05) is 24.2 Å². The molecular formula is C11H15FN2O3S2. The summed E-state index contributed by atoms with van der Waals surface area (Å²) in [6, 6.07) is 3.52. The van der Waals surface area contributed by atoms with Crippen molar-refractivity contribution in [2.24, 2.45) is 5.73 Å². The molecular weight excluding hydrogens is 291 g/mol. The number of benzene rings is 1. The molecule has 0 amide bonds. The summed E-state index contributed by atoms with van der Waals surface area (Å²) in [4.78, 5) is -0.0749. The molecule has 8 heteroatoms. The predicted octanol–water partition coefficient (Wildman–Crippen LogP) is 1.24. The average Bonchev–Trinajstić information content (AvgIpc) is 2.31. The summed E-state index contributed by atoms with van der Waals surface area (Å²) in [7, 11) is -2.05. The van der Waals surface area contributed by atoms with Gasteiger partial charge in [-0.3, -0.25) is 4.72 Å². The maximum atomic E-state index is 13.1. The van der Waals surface area contributed by atoms with Gasteiger partial charge in [0.05, 0.1) is 11.4 Å². The van der Waals surface area contributed by atoms with E-state index >= 15 is 0 Å². The van der Waals surface area contributed by atoms with Gasteiger partial charge >= 0.3 is 0 Å². The Hall–Kier alpha value is -1.25. The Bertz CT molecular complexity index is 561. The third-order valence-electron chi connectivity index (χ3n) is 2.27. The van der Waals surface area contributed by atoms with Crippen molar-refractivity contribution in [3.63, 3.8) is 0 Å². The smallest absolute Gasteiger partial charge is 0.232 e. The molecule has 0 aromatic heterocycles. The van der Waals surface area contributed by atoms with Gasteiger partial charge < -0.3 is 10.5 Å². The first kappa shape index (κ1) is 15.8. The van der Waals surface area contributed by atoms with Crippen molar-refractivity contribution in [1.29, 1.82) is 0 Å². The highest BCUT2D eigenvalue weighted by molar-refractivity contribution is 7.92. The number of nitrogens with one attached hydrogen (secondary N) is 1. The second-order valence-electron chi connectivity index (χ2n) is 3.82. The van der Waals surface area contributed by atoms with Gasteiger partial charge in [0, 0.05) is 19.3 Å². The monoisotopic (exact) mass is 306 g/mol. The van der Waals surface area contributed by atoms with E-state index in [2.05, 4.69) is 4.72 Å². The van der Waals surface area contributed by atoms with Crippen molar-refractivity contribution in [1.82, 2.24) is 0 Å². The number of sulfonamides is 1. The van der Waals surface area contributed by atoms with Crippen molar-refractivity contribution in [3.8, 4) is 0 Å². The molecule has 0 aliphatic heterocycles. The summed E-state index contributed by atoms with van der Waals surface area (Å²) < 4.78 is 43.8. The zero-order valence-corrected chi connectivity index (χ0v) is 12.0. The number of nitrogens with two attached hydrogens (primary N) is 1. The first-order chi connectivity index (χ1) is 8.85. The first-order valence-corrected chi connectivity index (χ1v) is 7.50. The number of rotatable bonds is 7. The predicted molar refractivity (Wildman–Crippen MR) is 76.2 cm³/mol. The number of hydrogen-bond donors (Lipinski definition) is 2. The SMILES string of the molecule is COCCCS(=O)(=O)Nc1ccc(F)cc1C(N)=S. The fourth-order valence-corrected chi connectivity index (χ4v) is 2.70. The molecule has 0 saturated heterocycles. The van der Waals surface area contributed by atoms with Crippen LogP contribution < -0.4 is 10.5 Å². The van der Waals surface area contributed by atoms with E-state index in [1.165, 1.54) is 13.2 Å². The average molecular weight is 306 g/mol. The summed E-state index contributed by atoms with van der Waals surface area (Å²) in [5.41, 5.74) is 5.76. The van der Waals surface area contributed by atoms with Gasteiger partial charge in [0.25, 0.3) is 0 Å². The van der Waals surface area contributed by atoms with Crippen LogP contribution >= 0.6 is 12.2 Å². The largest absolute Gasteiger partial charge is 0.389 e. The van der Waals surface area contributed by atoms with Crippen LogP contribution in [0.4, 0.5) is 10.1 Å². The topological polar surface area (TPSA) is 81.4 Å². The maximum absolute atomic E-state index is 13.1. The summed E-state index contributed by atoms with van der Waals surface area (Å²) in [6.45, 7) is 0.340. The van der Waals surface area contributed by atoms with Crippen LogP contribution in [0.2, 0.25) is 0 Å². The molecule has 0 spiro atoms. The van der Waals surface area contributed by atoms with Gasteiger partial charge in [-0.05, 0) is 24.6 Å². The van der Waals surface area contributed by atoms with Crippen LogP contribution in [0.1, 0.15) is 12.0 Å². The van der Waals surface area contributed by atoms with E-state index in [1.54, 1.807) is 0 Å². The minimum absolute atomic E-state index is 0.0749. The Labute approximate surface area is 117 Å². The zero-order chi connectivity index (χ0) is 14.5. The lowest BCUT2D eigenvalue weighted by atomic mass is 10.2. The van der Waals surface area contributed by atoms with Gasteiger partial charge in [-0.1, -0.05) is 12.2 Å².